The van der Waals surface area contributed by atoms with Crippen molar-refractivity contribution in [1.82, 2.24) is 4.90 Å². The molecule has 4 nitrogen and oxygen atoms in total. The van der Waals surface area contributed by atoms with Gasteiger partial charge in [-0.15, -0.1) is 0 Å². The first-order chi connectivity index (χ1) is 18.4. The Balaban J connectivity index is 1.24. The Labute approximate surface area is 225 Å². The number of carbonyl (C=O) groups is 1. The van der Waals surface area contributed by atoms with Crippen LogP contribution in [0.25, 0.3) is 11.1 Å². The number of carboxylic acid groups (broad SMARTS) is 1. The van der Waals surface area contributed by atoms with Crippen molar-refractivity contribution in [3.8, 4) is 16.9 Å². The summed E-state index contributed by atoms with van der Waals surface area (Å²) in [6.45, 7) is 7.41. The number of hydrogen-bond acceptors (Lipinski definition) is 3. The summed E-state index contributed by atoms with van der Waals surface area (Å²) in [7, 11) is 0. The molecule has 0 bridgehead atoms. The van der Waals surface area contributed by atoms with Gasteiger partial charge in [-0.05, 0) is 69.6 Å². The molecule has 0 aliphatic carbocycles. The molecule has 0 saturated carbocycles. The van der Waals surface area contributed by atoms with E-state index in [-0.39, 0.29) is 6.42 Å². The molecule has 0 fully saturated rings. The van der Waals surface area contributed by atoms with Crippen molar-refractivity contribution in [1.29, 1.82) is 0 Å². The SMILES string of the molecule is CC(C)(CC(=O)O)c1ccc(OCc2cccc(-c3ccc4c(c3)CN(Cc3ccccc3)CC4)c2)cc1. The molecule has 4 heteroatoms. The van der Waals surface area contributed by atoms with Crippen LogP contribution in [0, 0.1) is 0 Å². The summed E-state index contributed by atoms with van der Waals surface area (Å²) < 4.78 is 6.07. The molecule has 4 aromatic carbocycles. The lowest BCUT2D eigenvalue weighted by molar-refractivity contribution is -0.138. The van der Waals surface area contributed by atoms with E-state index in [0.717, 1.165) is 42.9 Å². The van der Waals surface area contributed by atoms with Gasteiger partial charge in [-0.2, -0.15) is 0 Å². The predicted octanol–water partition coefficient (Wildman–Crippen LogP) is 7.24. The quantitative estimate of drug-likeness (QED) is 0.260. The highest BCUT2D eigenvalue weighted by Crippen LogP contribution is 2.30. The standard InChI is InChI=1S/C34H35NO3/c1-34(2,21-33(36)37)31-13-15-32(16-14-31)38-24-26-9-6-10-28(19-26)29-12-11-27-17-18-35(23-30(27)20-29)22-25-7-4-3-5-8-25/h3-16,19-20H,17-18,21-24H2,1-2H3,(H,36,37). The predicted molar refractivity (Wildman–Crippen MR) is 152 cm³/mol. The highest BCUT2D eigenvalue weighted by atomic mass is 16.5. The summed E-state index contributed by atoms with van der Waals surface area (Å²) in [4.78, 5) is 13.7. The third-order valence-corrected chi connectivity index (χ3v) is 7.44. The van der Waals surface area contributed by atoms with Crippen LogP contribution in [-0.4, -0.2) is 22.5 Å². The van der Waals surface area contributed by atoms with E-state index in [4.69, 9.17) is 4.74 Å². The minimum absolute atomic E-state index is 0.0910. The van der Waals surface area contributed by atoms with E-state index in [1.54, 1.807) is 0 Å². The van der Waals surface area contributed by atoms with Gasteiger partial charge in [0.2, 0.25) is 0 Å². The molecule has 1 aliphatic rings. The number of carboxylic acids is 1. The van der Waals surface area contributed by atoms with Gasteiger partial charge in [0.15, 0.2) is 0 Å². The number of nitrogens with zero attached hydrogens (tertiary/aromatic N) is 1. The van der Waals surface area contributed by atoms with Gasteiger partial charge >= 0.3 is 5.97 Å². The fourth-order valence-corrected chi connectivity index (χ4v) is 5.26. The summed E-state index contributed by atoms with van der Waals surface area (Å²) in [5.41, 5.74) is 8.33. The Hall–Kier alpha value is -3.89. The molecule has 0 aromatic heterocycles. The van der Waals surface area contributed by atoms with Crippen LogP contribution in [0.3, 0.4) is 0 Å². The molecule has 0 unspecified atom stereocenters. The summed E-state index contributed by atoms with van der Waals surface area (Å²) >= 11 is 0. The Morgan fingerprint density at radius 1 is 0.842 bits per heavy atom. The number of hydrogen-bond donors (Lipinski definition) is 1. The van der Waals surface area contributed by atoms with E-state index >= 15 is 0 Å². The van der Waals surface area contributed by atoms with E-state index in [9.17, 15) is 9.90 Å². The largest absolute Gasteiger partial charge is 0.489 e. The van der Waals surface area contributed by atoms with Crippen LogP contribution in [0.2, 0.25) is 0 Å². The van der Waals surface area contributed by atoms with Crippen LogP contribution in [0.4, 0.5) is 0 Å². The minimum Gasteiger partial charge on any atom is -0.489 e. The molecule has 0 saturated heterocycles. The first-order valence-corrected chi connectivity index (χ1v) is 13.3. The second-order valence-electron chi connectivity index (χ2n) is 10.9. The molecule has 1 N–H and O–H groups in total. The minimum atomic E-state index is -0.793. The smallest absolute Gasteiger partial charge is 0.304 e. The first kappa shape index (κ1) is 25.7. The third kappa shape index (κ3) is 6.32. The number of fused-ring (bicyclic) bond motifs is 1. The average Bonchev–Trinajstić information content (AvgIpc) is 2.92. The van der Waals surface area contributed by atoms with Crippen molar-refractivity contribution in [2.24, 2.45) is 0 Å². The second-order valence-corrected chi connectivity index (χ2v) is 10.9. The molecule has 1 aliphatic heterocycles. The molecule has 0 spiro atoms. The molecule has 0 atom stereocenters. The van der Waals surface area contributed by atoms with E-state index in [1.807, 2.05) is 38.1 Å². The number of benzene rings is 4. The van der Waals surface area contributed by atoms with Crippen molar-refractivity contribution < 1.29 is 14.6 Å². The molecule has 0 amide bonds. The Morgan fingerprint density at radius 2 is 1.58 bits per heavy atom. The zero-order chi connectivity index (χ0) is 26.5. The fraction of sp³-hybridized carbons (Fsp3) is 0.265. The van der Waals surface area contributed by atoms with Crippen LogP contribution >= 0.6 is 0 Å². The highest BCUT2D eigenvalue weighted by molar-refractivity contribution is 5.69. The van der Waals surface area contributed by atoms with Crippen molar-refractivity contribution in [2.75, 3.05) is 6.54 Å². The van der Waals surface area contributed by atoms with Gasteiger partial charge in [0.1, 0.15) is 12.4 Å². The number of aliphatic carboxylic acids is 1. The molecule has 38 heavy (non-hydrogen) atoms. The summed E-state index contributed by atoms with van der Waals surface area (Å²) in [6.07, 6.45) is 1.18. The van der Waals surface area contributed by atoms with Gasteiger partial charge in [0, 0.05) is 25.0 Å². The lowest BCUT2D eigenvalue weighted by Crippen LogP contribution is -2.30. The van der Waals surface area contributed by atoms with Crippen LogP contribution in [0.1, 0.15) is 48.1 Å². The van der Waals surface area contributed by atoms with E-state index in [2.05, 4.69) is 77.7 Å². The van der Waals surface area contributed by atoms with Gasteiger partial charge in [0.05, 0.1) is 6.42 Å². The first-order valence-electron chi connectivity index (χ1n) is 13.3. The monoisotopic (exact) mass is 505 g/mol. The topological polar surface area (TPSA) is 49.8 Å². The van der Waals surface area contributed by atoms with Gasteiger partial charge in [-0.25, -0.2) is 0 Å². The molecule has 0 radical (unpaired) electrons. The molecule has 4 aromatic rings. The number of rotatable bonds is 9. The maximum Gasteiger partial charge on any atom is 0.304 e. The van der Waals surface area contributed by atoms with Gasteiger partial charge in [0.25, 0.3) is 0 Å². The van der Waals surface area contributed by atoms with Crippen molar-refractivity contribution in [2.45, 2.75) is 51.8 Å². The molecule has 5 rings (SSSR count). The Bertz CT molecular complexity index is 1390. The Morgan fingerprint density at radius 3 is 2.34 bits per heavy atom. The zero-order valence-electron chi connectivity index (χ0n) is 22.2. The van der Waals surface area contributed by atoms with Gasteiger partial charge in [-0.1, -0.05) is 86.6 Å². The Kier molecular flexibility index (Phi) is 7.62. The van der Waals surface area contributed by atoms with Gasteiger partial charge < -0.3 is 9.84 Å². The lowest BCUT2D eigenvalue weighted by atomic mass is 9.82. The van der Waals surface area contributed by atoms with E-state index < -0.39 is 11.4 Å². The van der Waals surface area contributed by atoms with Crippen LogP contribution in [0.15, 0.2) is 97.1 Å². The lowest BCUT2D eigenvalue weighted by Gasteiger charge is -2.29. The second kappa shape index (κ2) is 11.2. The number of ether oxygens (including phenoxy) is 1. The maximum atomic E-state index is 11.2. The molecule has 1 heterocycles. The molecule has 194 valence electrons. The third-order valence-electron chi connectivity index (χ3n) is 7.44. The highest BCUT2D eigenvalue weighted by Gasteiger charge is 2.24. The van der Waals surface area contributed by atoms with Gasteiger partial charge in [-0.3, -0.25) is 9.69 Å². The van der Waals surface area contributed by atoms with Crippen LogP contribution < -0.4 is 4.74 Å². The van der Waals surface area contributed by atoms with Crippen LogP contribution in [0.5, 0.6) is 5.75 Å². The van der Waals surface area contributed by atoms with E-state index in [1.165, 1.54) is 27.8 Å². The summed E-state index contributed by atoms with van der Waals surface area (Å²) in [6, 6.07) is 33.9. The van der Waals surface area contributed by atoms with Crippen molar-refractivity contribution >= 4 is 5.97 Å². The summed E-state index contributed by atoms with van der Waals surface area (Å²) in [5, 5.41) is 9.18. The molecular weight excluding hydrogens is 470 g/mol. The van der Waals surface area contributed by atoms with Crippen molar-refractivity contribution in [3.63, 3.8) is 0 Å². The fourth-order valence-electron chi connectivity index (χ4n) is 5.26. The van der Waals surface area contributed by atoms with Crippen molar-refractivity contribution in [3.05, 3.63) is 125 Å². The molecular formula is C34H35NO3. The average molecular weight is 506 g/mol. The maximum absolute atomic E-state index is 11.2. The summed E-state index contributed by atoms with van der Waals surface area (Å²) in [5.74, 6) is -0.0174. The van der Waals surface area contributed by atoms with Crippen LogP contribution in [-0.2, 0) is 36.3 Å². The van der Waals surface area contributed by atoms with E-state index in [0.29, 0.717) is 6.61 Å². The normalized spacial score (nSPS) is 13.6. The zero-order valence-corrected chi connectivity index (χ0v) is 22.2.